The third-order valence-electron chi connectivity index (χ3n) is 2.69. The van der Waals surface area contributed by atoms with Gasteiger partial charge in [-0.05, 0) is 30.5 Å². The predicted octanol–water partition coefficient (Wildman–Crippen LogP) is 2.90. The number of ether oxygens (including phenoxy) is 2. The fourth-order valence-electron chi connectivity index (χ4n) is 1.81. The van der Waals surface area contributed by atoms with E-state index in [4.69, 9.17) is 0 Å². The second-order valence-corrected chi connectivity index (χ2v) is 3.70. The van der Waals surface area contributed by atoms with Gasteiger partial charge in [0.05, 0.1) is 19.9 Å². The van der Waals surface area contributed by atoms with Crippen LogP contribution in [0.4, 0.5) is 15.3 Å². The van der Waals surface area contributed by atoms with Crippen molar-refractivity contribution in [3.05, 3.63) is 29.3 Å². The van der Waals surface area contributed by atoms with Crippen LogP contribution in [0.15, 0.2) is 18.2 Å². The van der Waals surface area contributed by atoms with Gasteiger partial charge in [-0.25, -0.2) is 9.59 Å². The highest BCUT2D eigenvalue weighted by molar-refractivity contribution is 6.09. The molecule has 1 aromatic carbocycles. The first kappa shape index (κ1) is 14.0. The van der Waals surface area contributed by atoms with Gasteiger partial charge < -0.3 is 9.47 Å². The first-order chi connectivity index (χ1) is 8.56. The van der Waals surface area contributed by atoms with E-state index >= 15 is 0 Å². The molecule has 0 atom stereocenters. The van der Waals surface area contributed by atoms with Gasteiger partial charge in [-0.3, -0.25) is 0 Å². The molecular weight excluding hydrogens is 234 g/mol. The van der Waals surface area contributed by atoms with Crippen molar-refractivity contribution in [3.63, 3.8) is 0 Å². The highest BCUT2D eigenvalue weighted by Crippen LogP contribution is 2.25. The minimum Gasteiger partial charge on any atom is -0.452 e. The lowest BCUT2D eigenvalue weighted by atomic mass is 10.0. The molecule has 0 radical (unpaired) electrons. The van der Waals surface area contributed by atoms with Crippen LogP contribution in [-0.2, 0) is 15.9 Å². The number of imide groups is 1. The van der Waals surface area contributed by atoms with Gasteiger partial charge in [0, 0.05) is 0 Å². The van der Waals surface area contributed by atoms with Crippen molar-refractivity contribution in [2.24, 2.45) is 0 Å². The lowest BCUT2D eigenvalue weighted by Crippen LogP contribution is -2.37. The number of amides is 2. The molecule has 0 N–H and O–H groups in total. The third kappa shape index (κ3) is 2.61. The van der Waals surface area contributed by atoms with E-state index in [0.717, 1.165) is 16.0 Å². The number of aryl methyl sites for hydroxylation is 1. The van der Waals surface area contributed by atoms with E-state index in [0.29, 0.717) is 12.1 Å². The van der Waals surface area contributed by atoms with Gasteiger partial charge in [-0.15, -0.1) is 0 Å². The zero-order valence-electron chi connectivity index (χ0n) is 11.0. The molecule has 18 heavy (non-hydrogen) atoms. The smallest absolute Gasteiger partial charge is 0.423 e. The first-order valence-corrected chi connectivity index (χ1v) is 5.61. The van der Waals surface area contributed by atoms with Crippen LogP contribution in [0.25, 0.3) is 0 Å². The molecule has 5 nitrogen and oxygen atoms in total. The minimum atomic E-state index is -0.762. The molecule has 0 aliphatic rings. The molecule has 0 unspecified atom stereocenters. The standard InChI is InChI=1S/C13H17NO4/c1-5-10-9(2)7-6-8-11(10)14(12(15)17-3)13(16)18-4/h6-8H,5H2,1-4H3. The summed E-state index contributed by atoms with van der Waals surface area (Å²) in [6, 6.07) is 5.40. The molecule has 0 bridgehead atoms. The molecule has 0 fully saturated rings. The van der Waals surface area contributed by atoms with Crippen LogP contribution in [0.5, 0.6) is 0 Å². The van der Waals surface area contributed by atoms with E-state index in [9.17, 15) is 9.59 Å². The summed E-state index contributed by atoms with van der Waals surface area (Å²) in [5, 5.41) is 0. The molecule has 0 spiro atoms. The lowest BCUT2D eigenvalue weighted by molar-refractivity contribution is 0.159. The summed E-state index contributed by atoms with van der Waals surface area (Å²) < 4.78 is 9.23. The number of methoxy groups -OCH3 is 2. The second-order valence-electron chi connectivity index (χ2n) is 3.70. The summed E-state index contributed by atoms with van der Waals surface area (Å²) >= 11 is 0. The van der Waals surface area contributed by atoms with Crippen molar-refractivity contribution >= 4 is 17.9 Å². The maximum absolute atomic E-state index is 11.7. The molecule has 0 aromatic heterocycles. The Morgan fingerprint density at radius 2 is 1.72 bits per heavy atom. The average Bonchev–Trinajstić information content (AvgIpc) is 2.38. The lowest BCUT2D eigenvalue weighted by Gasteiger charge is -2.21. The number of anilines is 1. The van der Waals surface area contributed by atoms with Crippen molar-refractivity contribution in [1.82, 2.24) is 0 Å². The van der Waals surface area contributed by atoms with Gasteiger partial charge in [0.15, 0.2) is 0 Å². The predicted molar refractivity (Wildman–Crippen MR) is 67.8 cm³/mol. The molecule has 0 aliphatic carbocycles. The number of carbonyl (C=O) groups excluding carboxylic acids is 2. The fraction of sp³-hybridized carbons (Fsp3) is 0.385. The summed E-state index contributed by atoms with van der Waals surface area (Å²) in [7, 11) is 2.44. The third-order valence-corrected chi connectivity index (χ3v) is 2.69. The number of carbonyl (C=O) groups is 2. The zero-order valence-corrected chi connectivity index (χ0v) is 11.0. The molecule has 5 heteroatoms. The number of rotatable bonds is 2. The molecule has 0 heterocycles. The quantitative estimate of drug-likeness (QED) is 0.811. The van der Waals surface area contributed by atoms with Gasteiger partial charge in [-0.1, -0.05) is 19.1 Å². The molecule has 0 aliphatic heterocycles. The van der Waals surface area contributed by atoms with Crippen molar-refractivity contribution < 1.29 is 19.1 Å². The van der Waals surface area contributed by atoms with E-state index < -0.39 is 12.2 Å². The summed E-state index contributed by atoms with van der Waals surface area (Å²) in [5.41, 5.74) is 2.41. The Labute approximate surface area is 106 Å². The van der Waals surface area contributed by atoms with Crippen molar-refractivity contribution in [2.45, 2.75) is 20.3 Å². The van der Waals surface area contributed by atoms with E-state index in [2.05, 4.69) is 9.47 Å². The monoisotopic (exact) mass is 251 g/mol. The number of benzene rings is 1. The highest BCUT2D eigenvalue weighted by atomic mass is 16.6. The Bertz CT molecular complexity index is 440. The Morgan fingerprint density at radius 3 is 2.17 bits per heavy atom. The Kier molecular flexibility index (Phi) is 4.71. The topological polar surface area (TPSA) is 55.8 Å². The van der Waals surface area contributed by atoms with Crippen LogP contribution < -0.4 is 4.90 Å². The Balaban J connectivity index is 3.33. The second kappa shape index (κ2) is 6.05. The minimum absolute atomic E-state index is 0.496. The molecule has 1 aromatic rings. The number of hydrogen-bond donors (Lipinski definition) is 0. The number of nitrogens with zero attached hydrogens (tertiary/aromatic N) is 1. The molecule has 0 saturated heterocycles. The maximum Gasteiger partial charge on any atom is 0.423 e. The Hall–Kier alpha value is -2.04. The van der Waals surface area contributed by atoms with Crippen LogP contribution in [-0.4, -0.2) is 26.4 Å². The largest absolute Gasteiger partial charge is 0.452 e. The molecular formula is C13H17NO4. The average molecular weight is 251 g/mol. The van der Waals surface area contributed by atoms with Gasteiger partial charge in [-0.2, -0.15) is 4.90 Å². The van der Waals surface area contributed by atoms with Crippen LogP contribution in [0.1, 0.15) is 18.1 Å². The van der Waals surface area contributed by atoms with E-state index in [-0.39, 0.29) is 0 Å². The summed E-state index contributed by atoms with van der Waals surface area (Å²) in [6.07, 6.45) is -0.823. The number of hydrogen-bond acceptors (Lipinski definition) is 4. The van der Waals surface area contributed by atoms with Gasteiger partial charge >= 0.3 is 12.2 Å². The van der Waals surface area contributed by atoms with Gasteiger partial charge in [0.1, 0.15) is 0 Å². The molecule has 2 amide bonds. The van der Waals surface area contributed by atoms with E-state index in [1.807, 2.05) is 19.9 Å². The summed E-state index contributed by atoms with van der Waals surface area (Å²) in [6.45, 7) is 3.88. The fourth-order valence-corrected chi connectivity index (χ4v) is 1.81. The van der Waals surface area contributed by atoms with Crippen molar-refractivity contribution in [1.29, 1.82) is 0 Å². The molecule has 1 rings (SSSR count). The Morgan fingerprint density at radius 1 is 1.17 bits per heavy atom. The van der Waals surface area contributed by atoms with Gasteiger partial charge in [0.2, 0.25) is 0 Å². The van der Waals surface area contributed by atoms with Gasteiger partial charge in [0.25, 0.3) is 0 Å². The highest BCUT2D eigenvalue weighted by Gasteiger charge is 2.27. The van der Waals surface area contributed by atoms with Crippen LogP contribution in [0.2, 0.25) is 0 Å². The van der Waals surface area contributed by atoms with E-state index in [1.165, 1.54) is 14.2 Å². The zero-order chi connectivity index (χ0) is 13.7. The van der Waals surface area contributed by atoms with Crippen LogP contribution >= 0.6 is 0 Å². The SMILES string of the molecule is CCc1c(C)cccc1N(C(=O)OC)C(=O)OC. The maximum atomic E-state index is 11.7. The van der Waals surface area contributed by atoms with Crippen molar-refractivity contribution in [3.8, 4) is 0 Å². The molecule has 98 valence electrons. The van der Waals surface area contributed by atoms with E-state index in [1.54, 1.807) is 12.1 Å². The summed E-state index contributed by atoms with van der Waals surface area (Å²) in [5.74, 6) is 0. The summed E-state index contributed by atoms with van der Waals surface area (Å²) in [4.78, 5) is 24.3. The molecule has 0 saturated carbocycles. The van der Waals surface area contributed by atoms with Crippen LogP contribution in [0, 0.1) is 6.92 Å². The van der Waals surface area contributed by atoms with Crippen molar-refractivity contribution in [2.75, 3.05) is 19.1 Å². The van der Waals surface area contributed by atoms with Crippen LogP contribution in [0.3, 0.4) is 0 Å². The normalized spacial score (nSPS) is 9.78. The first-order valence-electron chi connectivity index (χ1n) is 5.61.